The second-order valence-corrected chi connectivity index (χ2v) is 7.59. The minimum Gasteiger partial charge on any atom is -0.343 e. The maximum atomic E-state index is 13.3. The standard InChI is InChI=1S/C21H13ClF3NOS/c22-19-16(5-2-6-17(19)21(23,24)25)18-11-15(27)7-9-26(18)12-14-4-1-3-13-8-10-28-20(13)14/h1-11H,12H2. The van der Waals surface area contributed by atoms with Crippen LogP contribution < -0.4 is 5.43 Å². The van der Waals surface area contributed by atoms with Crippen LogP contribution in [0.2, 0.25) is 5.02 Å². The van der Waals surface area contributed by atoms with Gasteiger partial charge >= 0.3 is 6.18 Å². The first kappa shape index (κ1) is 18.8. The van der Waals surface area contributed by atoms with Crippen LogP contribution in [0.3, 0.4) is 0 Å². The molecular weight excluding hydrogens is 407 g/mol. The minimum absolute atomic E-state index is 0.174. The molecule has 0 radical (unpaired) electrons. The molecule has 7 heteroatoms. The Labute approximate surface area is 167 Å². The summed E-state index contributed by atoms with van der Waals surface area (Å²) in [7, 11) is 0. The highest BCUT2D eigenvalue weighted by molar-refractivity contribution is 7.17. The smallest absolute Gasteiger partial charge is 0.343 e. The van der Waals surface area contributed by atoms with Gasteiger partial charge in [0.25, 0.3) is 0 Å². The van der Waals surface area contributed by atoms with Crippen LogP contribution in [0.25, 0.3) is 21.3 Å². The molecule has 2 aromatic heterocycles. The zero-order chi connectivity index (χ0) is 19.9. The van der Waals surface area contributed by atoms with E-state index in [0.717, 1.165) is 21.7 Å². The molecule has 0 aliphatic carbocycles. The van der Waals surface area contributed by atoms with Gasteiger partial charge in [0, 0.05) is 35.1 Å². The number of nitrogens with zero attached hydrogens (tertiary/aromatic N) is 1. The highest BCUT2D eigenvalue weighted by Gasteiger charge is 2.34. The second-order valence-electron chi connectivity index (χ2n) is 6.30. The van der Waals surface area contributed by atoms with Gasteiger partial charge in [-0.1, -0.05) is 41.9 Å². The van der Waals surface area contributed by atoms with E-state index in [-0.39, 0.29) is 11.0 Å². The predicted octanol–water partition coefficient (Wildman–Crippen LogP) is 6.45. The van der Waals surface area contributed by atoms with Gasteiger partial charge in [-0.25, -0.2) is 0 Å². The number of thiophene rings is 1. The van der Waals surface area contributed by atoms with Gasteiger partial charge in [-0.2, -0.15) is 13.2 Å². The monoisotopic (exact) mass is 419 g/mol. The molecule has 0 aliphatic heterocycles. The number of benzene rings is 2. The van der Waals surface area contributed by atoms with E-state index in [0.29, 0.717) is 12.2 Å². The van der Waals surface area contributed by atoms with Crippen molar-refractivity contribution in [2.24, 2.45) is 0 Å². The van der Waals surface area contributed by atoms with Crippen molar-refractivity contribution in [3.8, 4) is 11.3 Å². The molecule has 0 N–H and O–H groups in total. The molecule has 0 aliphatic rings. The van der Waals surface area contributed by atoms with Crippen molar-refractivity contribution >= 4 is 33.0 Å². The first-order valence-electron chi connectivity index (χ1n) is 8.36. The lowest BCUT2D eigenvalue weighted by Crippen LogP contribution is -2.11. The first-order valence-corrected chi connectivity index (χ1v) is 9.62. The zero-order valence-corrected chi connectivity index (χ0v) is 15.9. The van der Waals surface area contributed by atoms with Crippen LogP contribution in [0, 0.1) is 0 Å². The van der Waals surface area contributed by atoms with Crippen LogP contribution in [0.4, 0.5) is 13.2 Å². The van der Waals surface area contributed by atoms with Gasteiger partial charge in [-0.05, 0) is 28.5 Å². The lowest BCUT2D eigenvalue weighted by atomic mass is 10.1. The molecule has 2 nitrogen and oxygen atoms in total. The summed E-state index contributed by atoms with van der Waals surface area (Å²) in [6.07, 6.45) is -2.99. The summed E-state index contributed by atoms with van der Waals surface area (Å²) >= 11 is 7.70. The fraction of sp³-hybridized carbons (Fsp3) is 0.0952. The maximum Gasteiger partial charge on any atom is 0.417 e. The number of rotatable bonds is 3. The molecule has 2 aromatic carbocycles. The van der Waals surface area contributed by atoms with Gasteiger partial charge in [0.05, 0.1) is 16.3 Å². The van der Waals surface area contributed by atoms with Crippen molar-refractivity contribution in [1.29, 1.82) is 0 Å². The number of fused-ring (bicyclic) bond motifs is 1. The molecule has 0 fully saturated rings. The summed E-state index contributed by atoms with van der Waals surface area (Å²) in [6, 6.07) is 14.3. The molecule has 142 valence electrons. The number of pyridine rings is 1. The van der Waals surface area contributed by atoms with E-state index in [9.17, 15) is 18.0 Å². The van der Waals surface area contributed by atoms with E-state index >= 15 is 0 Å². The van der Waals surface area contributed by atoms with Gasteiger partial charge in [0.2, 0.25) is 0 Å². The molecule has 0 amide bonds. The summed E-state index contributed by atoms with van der Waals surface area (Å²) in [6.45, 7) is 0.403. The summed E-state index contributed by atoms with van der Waals surface area (Å²) in [4.78, 5) is 12.0. The van der Waals surface area contributed by atoms with E-state index < -0.39 is 16.8 Å². The van der Waals surface area contributed by atoms with Crippen LogP contribution in [0.15, 0.2) is 71.0 Å². The van der Waals surface area contributed by atoms with Crippen LogP contribution in [0.1, 0.15) is 11.1 Å². The van der Waals surface area contributed by atoms with E-state index in [1.165, 1.54) is 24.3 Å². The van der Waals surface area contributed by atoms with Crippen molar-refractivity contribution in [3.63, 3.8) is 0 Å². The molecule has 4 rings (SSSR count). The number of alkyl halides is 3. The quantitative estimate of drug-likeness (QED) is 0.374. The highest BCUT2D eigenvalue weighted by Crippen LogP contribution is 2.39. The van der Waals surface area contributed by atoms with Crippen LogP contribution in [0.5, 0.6) is 0 Å². The zero-order valence-electron chi connectivity index (χ0n) is 14.3. The van der Waals surface area contributed by atoms with Crippen LogP contribution >= 0.6 is 22.9 Å². The van der Waals surface area contributed by atoms with Crippen molar-refractivity contribution in [2.75, 3.05) is 0 Å². The summed E-state index contributed by atoms with van der Waals surface area (Å²) in [5.41, 5.74) is 0.314. The molecule has 0 bridgehead atoms. The third-order valence-electron chi connectivity index (χ3n) is 4.49. The third-order valence-corrected chi connectivity index (χ3v) is 5.90. The molecule has 0 spiro atoms. The van der Waals surface area contributed by atoms with Gasteiger partial charge < -0.3 is 4.57 Å². The minimum atomic E-state index is -4.57. The highest BCUT2D eigenvalue weighted by atomic mass is 35.5. The SMILES string of the molecule is O=c1ccn(Cc2cccc3ccsc23)c(-c2cccc(C(F)(F)F)c2Cl)c1. The van der Waals surface area contributed by atoms with Crippen molar-refractivity contribution < 1.29 is 13.2 Å². The van der Waals surface area contributed by atoms with Crippen LogP contribution in [-0.2, 0) is 12.7 Å². The van der Waals surface area contributed by atoms with Crippen molar-refractivity contribution in [3.05, 3.63) is 92.5 Å². The molecule has 28 heavy (non-hydrogen) atoms. The van der Waals surface area contributed by atoms with Gasteiger partial charge in [0.1, 0.15) is 0 Å². The van der Waals surface area contributed by atoms with E-state index in [2.05, 4.69) is 0 Å². The number of halogens is 4. The summed E-state index contributed by atoms with van der Waals surface area (Å²) < 4.78 is 42.6. The summed E-state index contributed by atoms with van der Waals surface area (Å²) in [5.74, 6) is 0. The van der Waals surface area contributed by atoms with Gasteiger partial charge in [0.15, 0.2) is 5.43 Å². The largest absolute Gasteiger partial charge is 0.417 e. The Bertz CT molecular complexity index is 1230. The molecule has 4 aromatic rings. The van der Waals surface area contributed by atoms with E-state index in [1.54, 1.807) is 22.1 Å². The molecular formula is C21H13ClF3NOS. The Hall–Kier alpha value is -2.57. The first-order chi connectivity index (χ1) is 13.3. The Kier molecular flexibility index (Phi) is 4.77. The maximum absolute atomic E-state index is 13.3. The average molecular weight is 420 g/mol. The number of hydrogen-bond donors (Lipinski definition) is 0. The lowest BCUT2D eigenvalue weighted by Gasteiger charge is -2.17. The molecule has 0 saturated heterocycles. The number of hydrogen-bond acceptors (Lipinski definition) is 2. The van der Waals surface area contributed by atoms with Crippen LogP contribution in [-0.4, -0.2) is 4.57 Å². The Morgan fingerprint density at radius 3 is 2.61 bits per heavy atom. The van der Waals surface area contributed by atoms with Crippen molar-refractivity contribution in [1.82, 2.24) is 4.57 Å². The third kappa shape index (κ3) is 3.45. The topological polar surface area (TPSA) is 22.0 Å². The van der Waals surface area contributed by atoms with Gasteiger partial charge in [-0.15, -0.1) is 11.3 Å². The normalized spacial score (nSPS) is 11.9. The van der Waals surface area contributed by atoms with Crippen molar-refractivity contribution in [2.45, 2.75) is 12.7 Å². The number of aromatic nitrogens is 1. The molecule has 0 saturated carbocycles. The average Bonchev–Trinajstić information content (AvgIpc) is 3.12. The lowest BCUT2D eigenvalue weighted by molar-refractivity contribution is -0.137. The molecule has 0 atom stereocenters. The van der Waals surface area contributed by atoms with Gasteiger partial charge in [-0.3, -0.25) is 4.79 Å². The fourth-order valence-corrected chi connectivity index (χ4v) is 4.43. The summed E-state index contributed by atoms with van der Waals surface area (Å²) in [5, 5.41) is 2.68. The molecule has 0 unspecified atom stereocenters. The Balaban J connectivity index is 1.87. The Morgan fingerprint density at radius 1 is 1.04 bits per heavy atom. The van der Waals surface area contributed by atoms with E-state index in [1.807, 2.05) is 29.6 Å². The fourth-order valence-electron chi connectivity index (χ4n) is 3.19. The Morgan fingerprint density at radius 2 is 1.82 bits per heavy atom. The van der Waals surface area contributed by atoms with E-state index in [4.69, 9.17) is 11.6 Å². The second kappa shape index (κ2) is 7.11. The predicted molar refractivity (Wildman–Crippen MR) is 107 cm³/mol. The molecule has 2 heterocycles.